The Labute approximate surface area is 81.4 Å². The maximum absolute atomic E-state index is 4.10. The third-order valence-electron chi connectivity index (χ3n) is 1.84. The second-order valence-corrected chi connectivity index (χ2v) is 3.23. The highest BCUT2D eigenvalue weighted by Gasteiger charge is 1.96. The molecule has 0 aliphatic carbocycles. The van der Waals surface area contributed by atoms with Crippen LogP contribution < -0.4 is 0 Å². The van der Waals surface area contributed by atoms with E-state index in [4.69, 9.17) is 0 Å². The van der Waals surface area contributed by atoms with Gasteiger partial charge in [0.05, 0.1) is 5.69 Å². The minimum absolute atomic E-state index is 0.939. The quantitative estimate of drug-likeness (QED) is 0.728. The van der Waals surface area contributed by atoms with Gasteiger partial charge in [-0.05, 0) is 18.6 Å². The van der Waals surface area contributed by atoms with Crippen LogP contribution in [0.2, 0.25) is 0 Å². The van der Waals surface area contributed by atoms with E-state index >= 15 is 0 Å². The van der Waals surface area contributed by atoms with Gasteiger partial charge in [-0.2, -0.15) is 5.10 Å². The SMILES string of the molecule is CCC(=Cc1ccnn1C)CBr. The fourth-order valence-electron chi connectivity index (χ4n) is 0.970. The minimum atomic E-state index is 0.939. The topological polar surface area (TPSA) is 17.8 Å². The lowest BCUT2D eigenvalue weighted by Crippen LogP contribution is -1.93. The van der Waals surface area contributed by atoms with Gasteiger partial charge < -0.3 is 0 Å². The minimum Gasteiger partial charge on any atom is -0.269 e. The summed E-state index contributed by atoms with van der Waals surface area (Å²) in [6.45, 7) is 2.16. The van der Waals surface area contributed by atoms with Gasteiger partial charge in [0.25, 0.3) is 0 Å². The summed E-state index contributed by atoms with van der Waals surface area (Å²) < 4.78 is 1.87. The predicted octanol–water partition coefficient (Wildman–Crippen LogP) is 2.61. The number of hydrogen-bond donors (Lipinski definition) is 0. The van der Waals surface area contributed by atoms with Gasteiger partial charge in [-0.25, -0.2) is 0 Å². The number of halogens is 1. The highest BCUT2D eigenvalue weighted by Crippen LogP contribution is 2.10. The highest BCUT2D eigenvalue weighted by atomic mass is 79.9. The summed E-state index contributed by atoms with van der Waals surface area (Å²) in [5, 5.41) is 5.03. The van der Waals surface area contributed by atoms with Gasteiger partial charge in [0, 0.05) is 18.6 Å². The van der Waals surface area contributed by atoms with Crippen LogP contribution in [0.25, 0.3) is 6.08 Å². The van der Waals surface area contributed by atoms with Crippen molar-refractivity contribution in [3.63, 3.8) is 0 Å². The standard InChI is InChI=1S/C9H13BrN2/c1-3-8(7-10)6-9-4-5-11-12(9)2/h4-6H,3,7H2,1-2H3. The number of nitrogens with zero attached hydrogens (tertiary/aromatic N) is 2. The zero-order valence-electron chi connectivity index (χ0n) is 7.42. The smallest absolute Gasteiger partial charge is 0.0606 e. The molecule has 0 spiro atoms. The Morgan fingerprint density at radius 2 is 2.50 bits per heavy atom. The fraction of sp³-hybridized carbons (Fsp3) is 0.444. The number of allylic oxidation sites excluding steroid dienone is 1. The summed E-state index contributed by atoms with van der Waals surface area (Å²) in [5.41, 5.74) is 2.55. The van der Waals surface area contributed by atoms with E-state index < -0.39 is 0 Å². The van der Waals surface area contributed by atoms with E-state index in [2.05, 4.69) is 34.0 Å². The Morgan fingerprint density at radius 3 is 2.92 bits per heavy atom. The van der Waals surface area contributed by atoms with Gasteiger partial charge in [-0.15, -0.1) is 0 Å². The van der Waals surface area contributed by atoms with Crippen LogP contribution in [0, 0.1) is 0 Å². The molecule has 0 saturated heterocycles. The average Bonchev–Trinajstić information content (AvgIpc) is 2.47. The molecule has 0 N–H and O–H groups in total. The third kappa shape index (κ3) is 2.21. The number of aromatic nitrogens is 2. The molecule has 0 unspecified atom stereocenters. The van der Waals surface area contributed by atoms with Crippen LogP contribution in [-0.2, 0) is 7.05 Å². The van der Waals surface area contributed by atoms with E-state index in [0.717, 1.165) is 17.4 Å². The maximum atomic E-state index is 4.10. The zero-order valence-corrected chi connectivity index (χ0v) is 9.00. The highest BCUT2D eigenvalue weighted by molar-refractivity contribution is 9.09. The molecule has 1 rings (SSSR count). The van der Waals surface area contributed by atoms with Crippen LogP contribution in [0.15, 0.2) is 17.8 Å². The Morgan fingerprint density at radius 1 is 1.75 bits per heavy atom. The van der Waals surface area contributed by atoms with Gasteiger partial charge >= 0.3 is 0 Å². The van der Waals surface area contributed by atoms with Crippen molar-refractivity contribution < 1.29 is 0 Å². The molecule has 0 saturated carbocycles. The first-order valence-corrected chi connectivity index (χ1v) is 5.13. The molecule has 0 aliphatic heterocycles. The largest absolute Gasteiger partial charge is 0.269 e. The third-order valence-corrected chi connectivity index (χ3v) is 2.56. The monoisotopic (exact) mass is 228 g/mol. The van der Waals surface area contributed by atoms with Crippen LogP contribution in [0.3, 0.4) is 0 Å². The van der Waals surface area contributed by atoms with Gasteiger partial charge in [-0.3, -0.25) is 4.68 Å². The first kappa shape index (κ1) is 9.52. The van der Waals surface area contributed by atoms with Crippen LogP contribution in [0.5, 0.6) is 0 Å². The number of alkyl halides is 1. The van der Waals surface area contributed by atoms with Crippen molar-refractivity contribution in [2.24, 2.45) is 7.05 Å². The molecule has 2 nitrogen and oxygen atoms in total. The van der Waals surface area contributed by atoms with Crippen LogP contribution >= 0.6 is 15.9 Å². The summed E-state index contributed by atoms with van der Waals surface area (Å²) in [5.74, 6) is 0. The van der Waals surface area contributed by atoms with Crippen molar-refractivity contribution in [1.29, 1.82) is 0 Å². The van der Waals surface area contributed by atoms with E-state index in [1.54, 1.807) is 0 Å². The fourth-order valence-corrected chi connectivity index (χ4v) is 1.53. The molecule has 0 atom stereocenters. The van der Waals surface area contributed by atoms with Gasteiger partial charge in [0.2, 0.25) is 0 Å². The zero-order chi connectivity index (χ0) is 8.97. The molecule has 0 radical (unpaired) electrons. The molecule has 3 heteroatoms. The molecule has 1 aromatic heterocycles. The molecule has 1 heterocycles. The molecule has 1 aromatic rings. The van der Waals surface area contributed by atoms with Crippen LogP contribution in [0.1, 0.15) is 19.0 Å². The summed E-state index contributed by atoms with van der Waals surface area (Å²) in [4.78, 5) is 0. The Hall–Kier alpha value is -0.570. The molecule has 12 heavy (non-hydrogen) atoms. The van der Waals surface area contributed by atoms with Crippen molar-refractivity contribution in [3.05, 3.63) is 23.5 Å². The van der Waals surface area contributed by atoms with Crippen LogP contribution in [-0.4, -0.2) is 15.1 Å². The normalized spacial score (nSPS) is 12.1. The molecule has 0 aromatic carbocycles. The number of rotatable bonds is 3. The van der Waals surface area contributed by atoms with E-state index in [9.17, 15) is 0 Å². The lowest BCUT2D eigenvalue weighted by Gasteiger charge is -1.99. The van der Waals surface area contributed by atoms with E-state index in [1.807, 2.05) is 24.0 Å². The van der Waals surface area contributed by atoms with Crippen LogP contribution in [0.4, 0.5) is 0 Å². The molecule has 66 valence electrons. The summed E-state index contributed by atoms with van der Waals surface area (Å²) >= 11 is 3.45. The van der Waals surface area contributed by atoms with Gasteiger partial charge in [-0.1, -0.05) is 28.4 Å². The van der Waals surface area contributed by atoms with Crippen molar-refractivity contribution in [2.75, 3.05) is 5.33 Å². The van der Waals surface area contributed by atoms with E-state index in [1.165, 1.54) is 5.57 Å². The maximum Gasteiger partial charge on any atom is 0.0606 e. The molecule has 0 bridgehead atoms. The lowest BCUT2D eigenvalue weighted by atomic mass is 10.2. The first-order chi connectivity index (χ1) is 5.77. The van der Waals surface area contributed by atoms with Crippen molar-refractivity contribution in [3.8, 4) is 0 Å². The molecule has 0 amide bonds. The second-order valence-electron chi connectivity index (χ2n) is 2.67. The second kappa shape index (κ2) is 4.45. The Balaban J connectivity index is 2.85. The Bertz CT molecular complexity index is 270. The van der Waals surface area contributed by atoms with Crippen molar-refractivity contribution in [1.82, 2.24) is 9.78 Å². The molecule has 0 fully saturated rings. The lowest BCUT2D eigenvalue weighted by molar-refractivity contribution is 0.759. The Kier molecular flexibility index (Phi) is 3.53. The summed E-state index contributed by atoms with van der Waals surface area (Å²) in [6.07, 6.45) is 5.06. The van der Waals surface area contributed by atoms with E-state index in [-0.39, 0.29) is 0 Å². The number of hydrogen-bond acceptors (Lipinski definition) is 1. The van der Waals surface area contributed by atoms with Gasteiger partial charge in [0.15, 0.2) is 0 Å². The molecular weight excluding hydrogens is 216 g/mol. The van der Waals surface area contributed by atoms with E-state index in [0.29, 0.717) is 0 Å². The van der Waals surface area contributed by atoms with Crippen molar-refractivity contribution >= 4 is 22.0 Å². The van der Waals surface area contributed by atoms with Crippen molar-refractivity contribution in [2.45, 2.75) is 13.3 Å². The molecular formula is C9H13BrN2. The number of aryl methyl sites for hydroxylation is 1. The molecule has 0 aliphatic rings. The predicted molar refractivity (Wildman–Crippen MR) is 55.3 cm³/mol. The van der Waals surface area contributed by atoms with Gasteiger partial charge in [0.1, 0.15) is 0 Å². The average molecular weight is 229 g/mol. The summed E-state index contributed by atoms with van der Waals surface area (Å²) in [6, 6.07) is 2.01. The first-order valence-electron chi connectivity index (χ1n) is 4.01. The summed E-state index contributed by atoms with van der Waals surface area (Å²) in [7, 11) is 1.95.